The highest BCUT2D eigenvalue weighted by atomic mass is 16.5. The summed E-state index contributed by atoms with van der Waals surface area (Å²) >= 11 is 0. The van der Waals surface area contributed by atoms with Gasteiger partial charge in [0.05, 0.1) is 6.61 Å². The highest BCUT2D eigenvalue weighted by Crippen LogP contribution is 2.17. The predicted octanol–water partition coefficient (Wildman–Crippen LogP) is 0.507. The lowest BCUT2D eigenvalue weighted by Gasteiger charge is -2.36. The average molecular weight is 273 g/mol. The Hall–Kier alpha value is -1.71. The molecule has 0 bridgehead atoms. The SMILES string of the molecule is N#Cc1ccc(N2CCN(CC3CCOC3)CC2)nn1. The number of nitrogens with zero attached hydrogens (tertiary/aromatic N) is 5. The van der Waals surface area contributed by atoms with Crippen molar-refractivity contribution in [3.05, 3.63) is 17.8 Å². The van der Waals surface area contributed by atoms with E-state index in [1.54, 1.807) is 6.07 Å². The van der Waals surface area contributed by atoms with Crippen LogP contribution in [0.1, 0.15) is 12.1 Å². The summed E-state index contributed by atoms with van der Waals surface area (Å²) in [5, 5.41) is 16.7. The van der Waals surface area contributed by atoms with Gasteiger partial charge < -0.3 is 9.64 Å². The molecule has 0 radical (unpaired) electrons. The molecule has 106 valence electrons. The van der Waals surface area contributed by atoms with Crippen molar-refractivity contribution in [2.24, 2.45) is 5.92 Å². The summed E-state index contributed by atoms with van der Waals surface area (Å²) in [5.41, 5.74) is 0.369. The molecule has 0 aromatic carbocycles. The lowest BCUT2D eigenvalue weighted by atomic mass is 10.1. The Morgan fingerprint density at radius 1 is 1.25 bits per heavy atom. The van der Waals surface area contributed by atoms with Gasteiger partial charge in [0, 0.05) is 39.3 Å². The third kappa shape index (κ3) is 3.06. The maximum Gasteiger partial charge on any atom is 0.163 e. The average Bonchev–Trinajstić information content (AvgIpc) is 3.01. The van der Waals surface area contributed by atoms with E-state index in [1.165, 1.54) is 6.42 Å². The first-order valence-electron chi connectivity index (χ1n) is 7.14. The molecule has 0 aliphatic carbocycles. The van der Waals surface area contributed by atoms with Crippen LogP contribution in [0.2, 0.25) is 0 Å². The summed E-state index contributed by atoms with van der Waals surface area (Å²) in [4.78, 5) is 4.74. The van der Waals surface area contributed by atoms with E-state index in [2.05, 4.69) is 20.0 Å². The second-order valence-electron chi connectivity index (χ2n) is 5.41. The zero-order valence-corrected chi connectivity index (χ0v) is 11.5. The molecule has 0 spiro atoms. The van der Waals surface area contributed by atoms with Gasteiger partial charge in [-0.1, -0.05) is 0 Å². The van der Waals surface area contributed by atoms with Crippen LogP contribution in [0.5, 0.6) is 0 Å². The molecule has 2 fully saturated rings. The van der Waals surface area contributed by atoms with Crippen molar-refractivity contribution in [1.82, 2.24) is 15.1 Å². The van der Waals surface area contributed by atoms with Crippen LogP contribution in [0.4, 0.5) is 5.82 Å². The molecule has 2 aliphatic heterocycles. The van der Waals surface area contributed by atoms with Crippen molar-refractivity contribution in [2.75, 3.05) is 50.8 Å². The van der Waals surface area contributed by atoms with Crippen molar-refractivity contribution in [3.8, 4) is 6.07 Å². The Morgan fingerprint density at radius 3 is 2.70 bits per heavy atom. The quantitative estimate of drug-likeness (QED) is 0.799. The van der Waals surface area contributed by atoms with Gasteiger partial charge in [0.1, 0.15) is 6.07 Å². The van der Waals surface area contributed by atoms with Crippen molar-refractivity contribution < 1.29 is 4.74 Å². The van der Waals surface area contributed by atoms with Gasteiger partial charge in [0.25, 0.3) is 0 Å². The topological polar surface area (TPSA) is 65.3 Å². The number of rotatable bonds is 3. The Kier molecular flexibility index (Phi) is 4.09. The molecule has 20 heavy (non-hydrogen) atoms. The van der Waals surface area contributed by atoms with Crippen LogP contribution in [-0.4, -0.2) is 61.0 Å². The summed E-state index contributed by atoms with van der Waals surface area (Å²) in [6.45, 7) is 7.03. The van der Waals surface area contributed by atoms with Crippen LogP contribution in [0.15, 0.2) is 12.1 Å². The number of anilines is 1. The maximum absolute atomic E-state index is 8.73. The van der Waals surface area contributed by atoms with Gasteiger partial charge in [0.2, 0.25) is 0 Å². The molecule has 6 nitrogen and oxygen atoms in total. The van der Waals surface area contributed by atoms with E-state index in [9.17, 15) is 0 Å². The molecule has 1 unspecified atom stereocenters. The maximum atomic E-state index is 8.73. The van der Waals surface area contributed by atoms with E-state index in [-0.39, 0.29) is 0 Å². The minimum atomic E-state index is 0.369. The van der Waals surface area contributed by atoms with Crippen LogP contribution in [0, 0.1) is 17.2 Å². The smallest absolute Gasteiger partial charge is 0.163 e. The van der Waals surface area contributed by atoms with Crippen molar-refractivity contribution >= 4 is 5.82 Å². The molecular formula is C14H19N5O. The summed E-state index contributed by atoms with van der Waals surface area (Å²) in [6, 6.07) is 5.60. The highest BCUT2D eigenvalue weighted by molar-refractivity contribution is 5.39. The van der Waals surface area contributed by atoms with Gasteiger partial charge in [-0.15, -0.1) is 10.2 Å². The molecule has 6 heteroatoms. The molecule has 0 amide bonds. The van der Waals surface area contributed by atoms with E-state index in [4.69, 9.17) is 10.00 Å². The second kappa shape index (κ2) is 6.16. The Bertz CT molecular complexity index is 469. The molecule has 1 atom stereocenters. The molecule has 3 heterocycles. The fourth-order valence-corrected chi connectivity index (χ4v) is 2.81. The molecule has 2 aliphatic rings. The third-order valence-electron chi connectivity index (χ3n) is 4.00. The molecule has 0 N–H and O–H groups in total. The zero-order valence-electron chi connectivity index (χ0n) is 11.5. The standard InChI is InChI=1S/C14H19N5O/c15-9-13-1-2-14(17-16-13)19-6-4-18(5-7-19)10-12-3-8-20-11-12/h1-2,12H,3-8,10-11H2. The molecular weight excluding hydrogens is 254 g/mol. The monoisotopic (exact) mass is 273 g/mol. The first-order chi connectivity index (χ1) is 9.85. The van der Waals surface area contributed by atoms with Gasteiger partial charge in [-0.05, 0) is 24.5 Å². The Morgan fingerprint density at radius 2 is 2.10 bits per heavy atom. The second-order valence-corrected chi connectivity index (χ2v) is 5.41. The van der Waals surface area contributed by atoms with Crippen LogP contribution in [0.25, 0.3) is 0 Å². The first-order valence-corrected chi connectivity index (χ1v) is 7.14. The van der Waals surface area contributed by atoms with E-state index >= 15 is 0 Å². The molecule has 1 aromatic rings. The summed E-state index contributed by atoms with van der Waals surface area (Å²) in [5.74, 6) is 1.57. The van der Waals surface area contributed by atoms with Gasteiger partial charge in [-0.3, -0.25) is 4.90 Å². The lowest BCUT2D eigenvalue weighted by molar-refractivity contribution is 0.164. The lowest BCUT2D eigenvalue weighted by Crippen LogP contribution is -2.48. The largest absolute Gasteiger partial charge is 0.381 e. The van der Waals surface area contributed by atoms with Gasteiger partial charge in [-0.25, -0.2) is 0 Å². The van der Waals surface area contributed by atoms with Gasteiger partial charge in [0.15, 0.2) is 11.5 Å². The molecule has 1 aromatic heterocycles. The molecule has 2 saturated heterocycles. The van der Waals surface area contributed by atoms with Crippen molar-refractivity contribution in [2.45, 2.75) is 6.42 Å². The van der Waals surface area contributed by atoms with Crippen LogP contribution >= 0.6 is 0 Å². The number of aromatic nitrogens is 2. The van der Waals surface area contributed by atoms with Crippen LogP contribution in [-0.2, 0) is 4.74 Å². The Labute approximate surface area is 119 Å². The highest BCUT2D eigenvalue weighted by Gasteiger charge is 2.23. The molecule has 0 saturated carbocycles. The zero-order chi connectivity index (χ0) is 13.8. The number of hydrogen-bond donors (Lipinski definition) is 0. The minimum absolute atomic E-state index is 0.369. The van der Waals surface area contributed by atoms with E-state index in [0.717, 1.165) is 51.8 Å². The number of piperazine rings is 1. The van der Waals surface area contributed by atoms with E-state index in [1.807, 2.05) is 12.1 Å². The number of hydrogen-bond acceptors (Lipinski definition) is 6. The number of ether oxygens (including phenoxy) is 1. The van der Waals surface area contributed by atoms with E-state index < -0.39 is 0 Å². The van der Waals surface area contributed by atoms with Crippen molar-refractivity contribution in [3.63, 3.8) is 0 Å². The molecule has 3 rings (SSSR count). The van der Waals surface area contributed by atoms with Crippen LogP contribution < -0.4 is 4.90 Å². The summed E-state index contributed by atoms with van der Waals surface area (Å²) < 4.78 is 5.43. The first kappa shape index (κ1) is 13.3. The summed E-state index contributed by atoms with van der Waals surface area (Å²) in [6.07, 6.45) is 1.20. The van der Waals surface area contributed by atoms with Crippen LogP contribution in [0.3, 0.4) is 0 Å². The van der Waals surface area contributed by atoms with Gasteiger partial charge in [-0.2, -0.15) is 5.26 Å². The number of nitriles is 1. The van der Waals surface area contributed by atoms with Crippen molar-refractivity contribution in [1.29, 1.82) is 5.26 Å². The normalized spacial score (nSPS) is 23.8. The minimum Gasteiger partial charge on any atom is -0.381 e. The Balaban J connectivity index is 1.51. The third-order valence-corrected chi connectivity index (χ3v) is 4.00. The van der Waals surface area contributed by atoms with Gasteiger partial charge >= 0.3 is 0 Å². The fraction of sp³-hybridized carbons (Fsp3) is 0.643. The summed E-state index contributed by atoms with van der Waals surface area (Å²) in [7, 11) is 0. The fourth-order valence-electron chi connectivity index (χ4n) is 2.81. The van der Waals surface area contributed by atoms with E-state index in [0.29, 0.717) is 11.6 Å². The predicted molar refractivity (Wildman–Crippen MR) is 74.3 cm³/mol.